The van der Waals surface area contributed by atoms with E-state index in [2.05, 4.69) is 29.7 Å². The first-order valence-electron chi connectivity index (χ1n) is 8.07. The van der Waals surface area contributed by atoms with Crippen molar-refractivity contribution < 1.29 is 13.6 Å². The van der Waals surface area contributed by atoms with Crippen LogP contribution in [-0.2, 0) is 4.79 Å². The summed E-state index contributed by atoms with van der Waals surface area (Å²) < 4.78 is 25.1. The summed E-state index contributed by atoms with van der Waals surface area (Å²) in [6.07, 6.45) is 8.25. The van der Waals surface area contributed by atoms with Crippen LogP contribution in [0, 0.1) is 0 Å². The van der Waals surface area contributed by atoms with Gasteiger partial charge in [0.2, 0.25) is 11.8 Å². The number of carbonyl (C=O) groups excluding carboxylic acids is 1. The van der Waals surface area contributed by atoms with Gasteiger partial charge in [-0.3, -0.25) is 4.79 Å². The minimum atomic E-state index is -2.60. The summed E-state index contributed by atoms with van der Waals surface area (Å²) in [6.45, 7) is 4.67. The zero-order chi connectivity index (χ0) is 16.4. The van der Waals surface area contributed by atoms with Gasteiger partial charge >= 0.3 is 0 Å². The third kappa shape index (κ3) is 9.66. The summed E-state index contributed by atoms with van der Waals surface area (Å²) in [5, 5.41) is 5.91. The number of allylic oxidation sites excluding steroid dienone is 3. The van der Waals surface area contributed by atoms with Gasteiger partial charge in [-0.25, -0.2) is 8.78 Å². The first-order chi connectivity index (χ1) is 10.4. The van der Waals surface area contributed by atoms with E-state index in [-0.39, 0.29) is 12.3 Å². The molecule has 22 heavy (non-hydrogen) atoms. The number of hydrogen-bond donors (Lipinski definition) is 2. The molecule has 0 fully saturated rings. The van der Waals surface area contributed by atoms with Crippen LogP contribution in [0.1, 0.15) is 52.4 Å². The maximum atomic E-state index is 12.6. The van der Waals surface area contributed by atoms with Gasteiger partial charge in [0.25, 0.3) is 0 Å². The average molecular weight is 314 g/mol. The number of hydrogen-bond acceptors (Lipinski definition) is 2. The first-order valence-corrected chi connectivity index (χ1v) is 8.07. The maximum absolute atomic E-state index is 12.6. The van der Waals surface area contributed by atoms with Crippen molar-refractivity contribution >= 4 is 5.91 Å². The zero-order valence-corrected chi connectivity index (χ0v) is 13.7. The number of nitrogens with one attached hydrogen (secondary N) is 2. The number of amides is 1. The summed E-state index contributed by atoms with van der Waals surface area (Å²) in [7, 11) is 0. The molecule has 1 aliphatic rings. The molecule has 1 aliphatic carbocycles. The highest BCUT2D eigenvalue weighted by Crippen LogP contribution is 2.17. The molecule has 0 aliphatic heterocycles. The molecule has 0 saturated carbocycles. The van der Waals surface area contributed by atoms with E-state index in [1.807, 2.05) is 0 Å². The molecule has 0 aromatic rings. The van der Waals surface area contributed by atoms with E-state index < -0.39 is 5.92 Å². The van der Waals surface area contributed by atoms with E-state index in [1.54, 1.807) is 0 Å². The number of carbonyl (C=O) groups is 1. The molecule has 0 bridgehead atoms. The lowest BCUT2D eigenvalue weighted by molar-refractivity contribution is -0.121. The topological polar surface area (TPSA) is 41.1 Å². The van der Waals surface area contributed by atoms with Crippen LogP contribution in [0.25, 0.3) is 0 Å². The van der Waals surface area contributed by atoms with Gasteiger partial charge in [-0.05, 0) is 46.1 Å². The third-order valence-electron chi connectivity index (χ3n) is 3.70. The van der Waals surface area contributed by atoms with Crippen LogP contribution in [0.15, 0.2) is 23.3 Å². The van der Waals surface area contributed by atoms with Crippen molar-refractivity contribution in [2.24, 2.45) is 0 Å². The summed E-state index contributed by atoms with van der Waals surface area (Å²) in [4.78, 5) is 11.7. The highest BCUT2D eigenvalue weighted by atomic mass is 19.3. The summed E-state index contributed by atoms with van der Waals surface area (Å²) in [6, 6.07) is 0. The molecule has 0 aromatic carbocycles. The van der Waals surface area contributed by atoms with Crippen molar-refractivity contribution in [3.8, 4) is 0 Å². The van der Waals surface area contributed by atoms with Crippen molar-refractivity contribution in [1.29, 1.82) is 0 Å². The number of halogens is 2. The lowest BCUT2D eigenvalue weighted by Crippen LogP contribution is -2.26. The van der Waals surface area contributed by atoms with Crippen LogP contribution < -0.4 is 10.6 Å². The van der Waals surface area contributed by atoms with Crippen LogP contribution in [0.4, 0.5) is 8.78 Å². The molecule has 2 N–H and O–H groups in total. The van der Waals surface area contributed by atoms with Crippen molar-refractivity contribution in [2.45, 2.75) is 58.3 Å². The Morgan fingerprint density at radius 1 is 1.23 bits per heavy atom. The van der Waals surface area contributed by atoms with Crippen LogP contribution >= 0.6 is 0 Å². The van der Waals surface area contributed by atoms with Gasteiger partial charge in [0.15, 0.2) is 0 Å². The van der Waals surface area contributed by atoms with E-state index in [0.717, 1.165) is 32.6 Å². The summed E-state index contributed by atoms with van der Waals surface area (Å²) in [5.41, 5.74) is 2.64. The Balaban J connectivity index is 1.98. The van der Waals surface area contributed by atoms with Crippen LogP contribution in [0.2, 0.25) is 0 Å². The second-order valence-corrected chi connectivity index (χ2v) is 6.14. The monoisotopic (exact) mass is 314 g/mol. The first kappa shape index (κ1) is 18.8. The highest BCUT2D eigenvalue weighted by molar-refractivity contribution is 5.76. The third-order valence-corrected chi connectivity index (χ3v) is 3.70. The van der Waals surface area contributed by atoms with Gasteiger partial charge in [0.05, 0.1) is 0 Å². The van der Waals surface area contributed by atoms with E-state index in [0.29, 0.717) is 26.1 Å². The molecule has 3 nitrogen and oxygen atoms in total. The highest BCUT2D eigenvalue weighted by Gasteiger charge is 2.19. The molecule has 0 radical (unpaired) electrons. The van der Waals surface area contributed by atoms with Gasteiger partial charge in [-0.2, -0.15) is 0 Å². The van der Waals surface area contributed by atoms with Crippen LogP contribution in [0.5, 0.6) is 0 Å². The second-order valence-electron chi connectivity index (χ2n) is 6.14. The molecular weight excluding hydrogens is 286 g/mol. The Bertz CT molecular complexity index is 411. The smallest absolute Gasteiger partial charge is 0.246 e. The quantitative estimate of drug-likeness (QED) is 0.605. The van der Waals surface area contributed by atoms with Gasteiger partial charge < -0.3 is 10.6 Å². The Kier molecular flexibility index (Phi) is 8.31. The van der Waals surface area contributed by atoms with Crippen LogP contribution in [0.3, 0.4) is 0 Å². The molecule has 0 heterocycles. The lowest BCUT2D eigenvalue weighted by Gasteiger charge is -2.13. The van der Waals surface area contributed by atoms with Crippen molar-refractivity contribution in [2.75, 3.05) is 19.6 Å². The molecule has 1 rings (SSSR count). The molecule has 0 aromatic heterocycles. The minimum absolute atomic E-state index is 0.0623. The zero-order valence-electron chi connectivity index (χ0n) is 13.7. The Morgan fingerprint density at radius 3 is 2.64 bits per heavy atom. The molecule has 0 saturated heterocycles. The fourth-order valence-corrected chi connectivity index (χ4v) is 2.20. The molecule has 126 valence electrons. The number of unbranched alkanes of at least 4 members (excludes halogenated alkanes) is 1. The molecule has 1 amide bonds. The maximum Gasteiger partial charge on any atom is 0.246 e. The second kappa shape index (κ2) is 9.72. The Morgan fingerprint density at radius 2 is 2.00 bits per heavy atom. The predicted octanol–water partition coefficient (Wildman–Crippen LogP) is 3.57. The fraction of sp³-hybridized carbons (Fsp3) is 0.706. The molecule has 5 heteroatoms. The van der Waals surface area contributed by atoms with Gasteiger partial charge in [0, 0.05) is 25.9 Å². The Labute approximate surface area is 132 Å². The average Bonchev–Trinajstić information content (AvgIpc) is 2.44. The summed E-state index contributed by atoms with van der Waals surface area (Å²) in [5.74, 6) is -2.54. The van der Waals surface area contributed by atoms with E-state index >= 15 is 0 Å². The SMILES string of the molecule is CC1=CC=C(CNC(=O)CCCCNCCC(C)(F)F)CC1. The molecule has 0 unspecified atom stereocenters. The van der Waals surface area contributed by atoms with Gasteiger partial charge in [-0.15, -0.1) is 0 Å². The van der Waals surface area contributed by atoms with Crippen molar-refractivity contribution in [3.63, 3.8) is 0 Å². The van der Waals surface area contributed by atoms with Crippen LogP contribution in [-0.4, -0.2) is 31.5 Å². The van der Waals surface area contributed by atoms with Crippen molar-refractivity contribution in [3.05, 3.63) is 23.3 Å². The lowest BCUT2D eigenvalue weighted by atomic mass is 9.99. The predicted molar refractivity (Wildman–Crippen MR) is 86.0 cm³/mol. The van der Waals surface area contributed by atoms with E-state index in [4.69, 9.17) is 0 Å². The van der Waals surface area contributed by atoms with Crippen molar-refractivity contribution in [1.82, 2.24) is 10.6 Å². The fourth-order valence-electron chi connectivity index (χ4n) is 2.20. The molecule has 0 atom stereocenters. The van der Waals surface area contributed by atoms with Gasteiger partial charge in [0.1, 0.15) is 0 Å². The van der Waals surface area contributed by atoms with Gasteiger partial charge in [-0.1, -0.05) is 23.3 Å². The standard InChI is InChI=1S/C17H28F2N2O/c1-14-6-8-15(9-7-14)13-21-16(22)5-3-4-11-20-12-10-17(2,18)19/h6,8,20H,3-5,7,9-13H2,1-2H3,(H,21,22). The largest absolute Gasteiger partial charge is 0.352 e. The number of rotatable bonds is 10. The normalized spacial score (nSPS) is 15.3. The van der Waals surface area contributed by atoms with E-state index in [9.17, 15) is 13.6 Å². The summed E-state index contributed by atoms with van der Waals surface area (Å²) >= 11 is 0. The minimum Gasteiger partial charge on any atom is -0.352 e. The van der Waals surface area contributed by atoms with E-state index in [1.165, 1.54) is 11.1 Å². The number of alkyl halides is 2. The molecular formula is C17H28F2N2O. The Hall–Kier alpha value is -1.23. The molecule has 0 spiro atoms.